The second kappa shape index (κ2) is 42.7. The Morgan fingerprint density at radius 3 is 0.522 bits per heavy atom. The van der Waals surface area contributed by atoms with Crippen LogP contribution in [0.2, 0.25) is 0 Å². The molecule has 0 aliphatic rings. The van der Waals surface area contributed by atoms with E-state index in [-0.39, 0.29) is 70.2 Å². The maximum Gasteiger partial charge on any atom is 3.00 e. The number of para-hydroxylation sites is 3. The maximum atomic E-state index is 11.2. The molecule has 3 aromatic heterocycles. The Kier molecular flexibility index (Phi) is 29.7. The standard InChI is InChI=1S/3C39H33N3O3.Er/c3*1-39(2,3)32-21-17-30(18-22-32)37-41-40-36(45-37)29-15-11-27(12-16-29)9-10-28-13-23-34(24-14-28)42(33-7-5-4-6-8-33)35-25-19-31(20-26-35)38(43)44;/h3*4-26H,1-3H3,(H,43,44);/q;;;+3/p-3/b3*10-9+;. The molecule has 0 unspecified atom stereocenters. The van der Waals surface area contributed by atoms with Gasteiger partial charge in [-0.2, -0.15) is 0 Å². The van der Waals surface area contributed by atoms with E-state index >= 15 is 0 Å². The SMILES string of the molecule is CC(C)(C)c1ccc(-c2nnc(-c3ccc(/C=C/c4ccc(N(c5ccccc5)c5ccc(C(=O)[O-])cc5)cc4)cc3)o2)cc1.CC(C)(C)c1ccc(-c2nnc(-c3ccc(/C=C/c4ccc(N(c5ccccc5)c5ccc(C(=O)[O-])cc5)cc4)cc3)o2)cc1.CC(C)(C)c1ccc(-c2nnc(-c3ccc(/C=C/c4ccc(N(c5ccccc5)c5ccc(C(=O)[O-])cc5)cc4)cc3)o2)cc1.[Er+3]. The van der Waals surface area contributed by atoms with Crippen LogP contribution in [0.1, 0.15) is 143 Å². The van der Waals surface area contributed by atoms with Crippen LogP contribution in [0.3, 0.4) is 0 Å². The van der Waals surface area contributed by atoms with E-state index in [1.165, 1.54) is 16.7 Å². The zero-order valence-electron chi connectivity index (χ0n) is 76.3. The summed E-state index contributed by atoms with van der Waals surface area (Å²) >= 11 is 0. The van der Waals surface area contributed by atoms with Gasteiger partial charge in [-0.3, -0.25) is 0 Å². The molecule has 19 heteroatoms. The number of hydrogen-bond acceptors (Lipinski definition) is 18. The number of carboxylic acids is 3. The van der Waals surface area contributed by atoms with Crippen molar-refractivity contribution in [3.8, 4) is 68.7 Å². The summed E-state index contributed by atoms with van der Waals surface area (Å²) in [6, 6.07) is 123. The first-order chi connectivity index (χ1) is 65.2. The van der Waals surface area contributed by atoms with Crippen molar-refractivity contribution >= 4 is 106 Å². The first kappa shape index (κ1) is 94.6. The van der Waals surface area contributed by atoms with Crippen molar-refractivity contribution in [2.75, 3.05) is 14.7 Å². The Bertz CT molecular complexity index is 6450. The maximum absolute atomic E-state index is 11.2. The van der Waals surface area contributed by atoms with Crippen molar-refractivity contribution in [3.05, 3.63) is 449 Å². The minimum Gasteiger partial charge on any atom is -0.545 e. The topological polar surface area (TPSA) is 247 Å². The van der Waals surface area contributed by atoms with Crippen LogP contribution < -0.4 is 30.0 Å². The largest absolute Gasteiger partial charge is 3.00 e. The summed E-state index contributed by atoms with van der Waals surface area (Å²) in [5, 5.41) is 59.3. The van der Waals surface area contributed by atoms with Gasteiger partial charge in [-0.15, -0.1) is 30.6 Å². The molecule has 15 aromatic carbocycles. The van der Waals surface area contributed by atoms with Crippen LogP contribution in [-0.4, -0.2) is 48.5 Å². The van der Waals surface area contributed by atoms with Gasteiger partial charge in [0.15, 0.2) is 0 Å². The molecule has 0 atom stereocenters. The molecule has 18 aromatic rings. The van der Waals surface area contributed by atoms with Crippen molar-refractivity contribution in [1.29, 1.82) is 0 Å². The summed E-state index contributed by atoms with van der Waals surface area (Å²) in [5.74, 6) is -0.648. The number of hydrogen-bond donors (Lipinski definition) is 0. The molecule has 0 spiro atoms. The van der Waals surface area contributed by atoms with E-state index in [9.17, 15) is 29.7 Å². The van der Waals surface area contributed by atoms with Crippen LogP contribution in [-0.2, 0) is 16.2 Å². The summed E-state index contributed by atoms with van der Waals surface area (Å²) in [6.07, 6.45) is 12.4. The number of carbonyl (C=O) groups excluding carboxylic acids is 3. The van der Waals surface area contributed by atoms with Gasteiger partial charge in [0.05, 0.1) is 17.9 Å². The van der Waals surface area contributed by atoms with Gasteiger partial charge >= 0.3 is 37.3 Å². The molecule has 0 aliphatic carbocycles. The molecule has 0 fully saturated rings. The summed E-state index contributed by atoms with van der Waals surface area (Å²) in [5.41, 5.74) is 24.2. The minimum atomic E-state index is -1.19. The van der Waals surface area contributed by atoms with Crippen molar-refractivity contribution in [3.63, 3.8) is 0 Å². The fourth-order valence-corrected chi connectivity index (χ4v) is 15.0. The normalized spacial score (nSPS) is 11.4. The molecule has 0 aliphatic heterocycles. The molecule has 3 heterocycles. The zero-order valence-corrected chi connectivity index (χ0v) is 78.2. The second-order valence-electron chi connectivity index (χ2n) is 35.4. The number of rotatable bonds is 24. The smallest absolute Gasteiger partial charge is 0.545 e. The molecule has 0 N–H and O–H groups in total. The number of anilines is 9. The summed E-state index contributed by atoms with van der Waals surface area (Å²) in [7, 11) is 0. The third-order valence-corrected chi connectivity index (χ3v) is 22.7. The molecular weight excluding hydrogens is 1840 g/mol. The first-order valence-electron chi connectivity index (χ1n) is 44.2. The van der Waals surface area contributed by atoms with Crippen LogP contribution in [0, 0.1) is 37.3 Å². The Hall–Kier alpha value is -16.0. The number of carbonyl (C=O) groups is 3. The Balaban J connectivity index is 0.000000155. The number of aromatic carboxylic acids is 3. The predicted octanol–water partition coefficient (Wildman–Crippen LogP) is 26.1. The van der Waals surface area contributed by atoms with E-state index < -0.39 is 17.9 Å². The molecule has 0 saturated carbocycles. The fraction of sp³-hybridized carbons (Fsp3) is 0.103. The second-order valence-corrected chi connectivity index (χ2v) is 35.4. The molecule has 18 nitrogen and oxygen atoms in total. The number of carboxylic acid groups (broad SMARTS) is 3. The Labute approximate surface area is 820 Å². The van der Waals surface area contributed by atoms with Crippen molar-refractivity contribution in [2.45, 2.75) is 78.6 Å². The predicted molar refractivity (Wildman–Crippen MR) is 535 cm³/mol. The third-order valence-electron chi connectivity index (χ3n) is 22.7. The zero-order chi connectivity index (χ0) is 94.2. The van der Waals surface area contributed by atoms with E-state index in [1.54, 1.807) is 72.8 Å². The third kappa shape index (κ3) is 23.9. The Morgan fingerprint density at radius 1 is 0.213 bits per heavy atom. The average molecular weight is 1940 g/mol. The summed E-state index contributed by atoms with van der Waals surface area (Å²) in [6.45, 7) is 19.7. The molecule has 1 radical (unpaired) electrons. The van der Waals surface area contributed by atoms with Crippen LogP contribution in [0.25, 0.3) is 105 Å². The van der Waals surface area contributed by atoms with Crippen molar-refractivity contribution in [2.24, 2.45) is 0 Å². The van der Waals surface area contributed by atoms with E-state index in [2.05, 4.69) is 217 Å². The van der Waals surface area contributed by atoms with E-state index in [1.807, 2.05) is 237 Å². The van der Waals surface area contributed by atoms with Gasteiger partial charge in [-0.1, -0.05) is 299 Å². The molecule has 0 bridgehead atoms. The molecule has 0 saturated heterocycles. The van der Waals surface area contributed by atoms with Gasteiger partial charge in [0.25, 0.3) is 0 Å². The Morgan fingerprint density at radius 2 is 0.360 bits per heavy atom. The number of aromatic nitrogens is 6. The van der Waals surface area contributed by atoms with Crippen molar-refractivity contribution in [1.82, 2.24) is 30.6 Å². The fourth-order valence-electron chi connectivity index (χ4n) is 15.0. The molecule has 0 amide bonds. The minimum absolute atomic E-state index is 0. The summed E-state index contributed by atoms with van der Waals surface area (Å²) < 4.78 is 18.0. The summed E-state index contributed by atoms with van der Waals surface area (Å²) in [4.78, 5) is 40.0. The van der Waals surface area contributed by atoms with Crippen molar-refractivity contribution < 1.29 is 80.3 Å². The van der Waals surface area contributed by atoms with E-state index in [0.717, 1.165) is 118 Å². The van der Waals surface area contributed by atoms with Crippen LogP contribution >= 0.6 is 0 Å². The van der Waals surface area contributed by atoms with Crippen LogP contribution in [0.4, 0.5) is 51.2 Å². The van der Waals surface area contributed by atoms with Gasteiger partial charge < -0.3 is 57.7 Å². The van der Waals surface area contributed by atoms with Gasteiger partial charge in [0, 0.05) is 84.6 Å². The molecule has 675 valence electrons. The van der Waals surface area contributed by atoms with Gasteiger partial charge in [-0.25, -0.2) is 0 Å². The van der Waals surface area contributed by atoms with E-state index in [0.29, 0.717) is 35.3 Å². The molecular formula is C117H96ErN9O9. The number of nitrogens with zero attached hydrogens (tertiary/aromatic N) is 9. The quantitative estimate of drug-likeness (QED) is 0.0510. The average Bonchev–Trinajstić information content (AvgIpc) is 1.42. The monoisotopic (exact) mass is 1940 g/mol. The molecule has 136 heavy (non-hydrogen) atoms. The van der Waals surface area contributed by atoms with Gasteiger partial charge in [0.2, 0.25) is 35.3 Å². The van der Waals surface area contributed by atoms with Gasteiger partial charge in [0.1, 0.15) is 0 Å². The van der Waals surface area contributed by atoms with Crippen LogP contribution in [0.5, 0.6) is 0 Å². The number of benzene rings is 15. The van der Waals surface area contributed by atoms with E-state index in [4.69, 9.17) is 13.3 Å². The van der Waals surface area contributed by atoms with Crippen LogP contribution in [0.15, 0.2) is 395 Å². The first-order valence-corrected chi connectivity index (χ1v) is 44.2. The molecule has 18 rings (SSSR count). The van der Waals surface area contributed by atoms with Gasteiger partial charge in [-0.05, 0) is 265 Å².